The first-order valence-corrected chi connectivity index (χ1v) is 8.51. The molecule has 3 heteroatoms. The molecule has 0 radical (unpaired) electrons. The molecule has 0 amide bonds. The highest BCUT2D eigenvalue weighted by molar-refractivity contribution is 7.79. The Morgan fingerprint density at radius 3 is 1.81 bits per heavy atom. The molecule has 0 unspecified atom stereocenters. The van der Waals surface area contributed by atoms with Crippen LogP contribution in [0.2, 0.25) is 0 Å². The Labute approximate surface area is 135 Å². The molecule has 2 nitrogen and oxygen atoms in total. The highest BCUT2D eigenvalue weighted by Crippen LogP contribution is 2.30. The Hall–Kier alpha value is -0.960. The van der Waals surface area contributed by atoms with E-state index < -0.39 is 0 Å². The maximum atomic E-state index is 11.8. The predicted molar refractivity (Wildman–Crippen MR) is 94.9 cm³/mol. The van der Waals surface area contributed by atoms with Crippen LogP contribution >= 0.6 is 12.6 Å². The molecule has 0 saturated carbocycles. The van der Waals surface area contributed by atoms with E-state index in [0.717, 1.165) is 12.8 Å². The summed E-state index contributed by atoms with van der Waals surface area (Å²) in [5.41, 5.74) is 4.66. The molecule has 1 rings (SSSR count). The molecule has 1 aromatic rings. The molecular formula is C18H30O2S. The standard InChI is InChI=1S/C17H26O2.CH4S/c1-7-8-14-15(11(2)3)9-13(17(18)19-6)10-16(14)12(4)5;1-2/h9-12H,7-8H2,1-6H3;2H,1H3. The van der Waals surface area contributed by atoms with E-state index in [1.54, 1.807) is 6.26 Å². The van der Waals surface area contributed by atoms with Gasteiger partial charge in [0, 0.05) is 0 Å². The summed E-state index contributed by atoms with van der Waals surface area (Å²) in [7, 11) is 1.44. The van der Waals surface area contributed by atoms with E-state index >= 15 is 0 Å². The van der Waals surface area contributed by atoms with Crippen molar-refractivity contribution in [3.05, 3.63) is 34.4 Å². The molecule has 0 N–H and O–H groups in total. The van der Waals surface area contributed by atoms with Crippen molar-refractivity contribution in [2.24, 2.45) is 0 Å². The van der Waals surface area contributed by atoms with E-state index in [9.17, 15) is 4.79 Å². The summed E-state index contributed by atoms with van der Waals surface area (Å²) in [5, 5.41) is 0. The van der Waals surface area contributed by atoms with Gasteiger partial charge >= 0.3 is 5.97 Å². The van der Waals surface area contributed by atoms with E-state index in [0.29, 0.717) is 17.4 Å². The molecule has 0 fully saturated rings. The molecule has 0 aliphatic rings. The normalized spacial score (nSPS) is 10.4. The summed E-state index contributed by atoms with van der Waals surface area (Å²) in [5.74, 6) is 0.596. The first kappa shape index (κ1) is 20.0. The number of thiol groups is 1. The second-order valence-electron chi connectivity index (χ2n) is 5.68. The van der Waals surface area contributed by atoms with Gasteiger partial charge in [0.25, 0.3) is 0 Å². The number of esters is 1. The lowest BCUT2D eigenvalue weighted by atomic mass is 9.85. The fourth-order valence-corrected chi connectivity index (χ4v) is 2.52. The minimum absolute atomic E-state index is 0.244. The largest absolute Gasteiger partial charge is 0.465 e. The minimum Gasteiger partial charge on any atom is -0.465 e. The third kappa shape index (κ3) is 5.39. The smallest absolute Gasteiger partial charge is 0.337 e. The zero-order valence-electron chi connectivity index (χ0n) is 14.5. The van der Waals surface area contributed by atoms with Crippen LogP contribution in [0.25, 0.3) is 0 Å². The maximum absolute atomic E-state index is 11.8. The van der Waals surface area contributed by atoms with Gasteiger partial charge in [-0.1, -0.05) is 41.0 Å². The zero-order valence-corrected chi connectivity index (χ0v) is 15.4. The van der Waals surface area contributed by atoms with Crippen LogP contribution in [0, 0.1) is 0 Å². The predicted octanol–water partition coefficient (Wildman–Crippen LogP) is 5.22. The Balaban J connectivity index is 0.00000191. The van der Waals surface area contributed by atoms with E-state index in [1.165, 1.54) is 23.8 Å². The molecule has 0 aromatic heterocycles. The topological polar surface area (TPSA) is 26.3 Å². The van der Waals surface area contributed by atoms with Gasteiger partial charge in [-0.25, -0.2) is 4.79 Å². The molecule has 0 atom stereocenters. The van der Waals surface area contributed by atoms with Gasteiger partial charge in [-0.2, -0.15) is 12.6 Å². The van der Waals surface area contributed by atoms with Crippen LogP contribution in [0.4, 0.5) is 0 Å². The van der Waals surface area contributed by atoms with Gasteiger partial charge in [0.15, 0.2) is 0 Å². The third-order valence-corrected chi connectivity index (χ3v) is 3.48. The van der Waals surface area contributed by atoms with Gasteiger partial charge in [-0.3, -0.25) is 0 Å². The summed E-state index contributed by atoms with van der Waals surface area (Å²) < 4.78 is 4.87. The van der Waals surface area contributed by atoms with Crippen molar-refractivity contribution in [3.8, 4) is 0 Å². The van der Waals surface area contributed by atoms with Crippen molar-refractivity contribution in [1.29, 1.82) is 0 Å². The number of carbonyl (C=O) groups excluding carboxylic acids is 1. The third-order valence-electron chi connectivity index (χ3n) is 3.48. The van der Waals surface area contributed by atoms with Crippen LogP contribution in [0.15, 0.2) is 12.1 Å². The van der Waals surface area contributed by atoms with Gasteiger partial charge in [-0.15, -0.1) is 0 Å². The van der Waals surface area contributed by atoms with E-state index in [-0.39, 0.29) is 5.97 Å². The van der Waals surface area contributed by atoms with Crippen LogP contribution in [0.1, 0.15) is 79.9 Å². The van der Waals surface area contributed by atoms with Gasteiger partial charge in [0.05, 0.1) is 12.7 Å². The SMILES string of the molecule is CCCc1c(C(C)C)cc(C(=O)OC)cc1C(C)C.CS. The number of benzene rings is 1. The van der Waals surface area contributed by atoms with Crippen LogP contribution in [-0.2, 0) is 11.2 Å². The average molecular weight is 311 g/mol. The number of hydrogen-bond donors (Lipinski definition) is 1. The maximum Gasteiger partial charge on any atom is 0.337 e. The second kappa shape index (κ2) is 9.88. The molecule has 0 bridgehead atoms. The summed E-state index contributed by atoms with van der Waals surface area (Å²) in [4.78, 5) is 11.8. The molecule has 0 aliphatic carbocycles. The lowest BCUT2D eigenvalue weighted by Gasteiger charge is -2.21. The Morgan fingerprint density at radius 1 is 1.10 bits per heavy atom. The summed E-state index contributed by atoms with van der Waals surface area (Å²) in [6, 6.07) is 4.01. The highest BCUT2D eigenvalue weighted by Gasteiger charge is 2.18. The molecule has 120 valence electrons. The molecule has 1 aromatic carbocycles. The van der Waals surface area contributed by atoms with Crippen molar-refractivity contribution >= 4 is 18.6 Å². The first-order chi connectivity index (χ1) is 9.92. The number of rotatable bonds is 5. The summed E-state index contributed by atoms with van der Waals surface area (Å²) in [6.45, 7) is 10.9. The van der Waals surface area contributed by atoms with Crippen LogP contribution in [-0.4, -0.2) is 19.3 Å². The monoisotopic (exact) mass is 310 g/mol. The Bertz CT molecular complexity index is 422. The fraction of sp³-hybridized carbons (Fsp3) is 0.611. The fourth-order valence-electron chi connectivity index (χ4n) is 2.52. The van der Waals surface area contributed by atoms with Gasteiger partial charge in [0.1, 0.15) is 0 Å². The number of carbonyl (C=O) groups is 1. The highest BCUT2D eigenvalue weighted by atomic mass is 32.1. The van der Waals surface area contributed by atoms with Crippen LogP contribution in [0.3, 0.4) is 0 Å². The van der Waals surface area contributed by atoms with Gasteiger partial charge < -0.3 is 4.74 Å². The Morgan fingerprint density at radius 2 is 1.52 bits per heavy atom. The number of hydrogen-bond acceptors (Lipinski definition) is 3. The van der Waals surface area contributed by atoms with E-state index in [2.05, 4.69) is 47.2 Å². The zero-order chi connectivity index (χ0) is 16.6. The van der Waals surface area contributed by atoms with E-state index in [4.69, 9.17) is 4.74 Å². The summed E-state index contributed by atoms with van der Waals surface area (Å²) >= 11 is 3.53. The number of methoxy groups -OCH3 is 1. The number of ether oxygens (including phenoxy) is 1. The second-order valence-corrected chi connectivity index (χ2v) is 5.68. The van der Waals surface area contributed by atoms with Gasteiger partial charge in [0.2, 0.25) is 0 Å². The summed E-state index contributed by atoms with van der Waals surface area (Å²) in [6.07, 6.45) is 3.89. The van der Waals surface area contributed by atoms with Crippen LogP contribution < -0.4 is 0 Å². The molecule has 0 spiro atoms. The minimum atomic E-state index is -0.244. The molecule has 0 heterocycles. The van der Waals surface area contributed by atoms with E-state index in [1.807, 2.05) is 12.1 Å². The quantitative estimate of drug-likeness (QED) is 0.596. The Kier molecular flexibility index (Phi) is 9.43. The lowest BCUT2D eigenvalue weighted by molar-refractivity contribution is 0.0600. The van der Waals surface area contributed by atoms with Crippen molar-refractivity contribution in [2.45, 2.75) is 59.3 Å². The van der Waals surface area contributed by atoms with Crippen LogP contribution in [0.5, 0.6) is 0 Å². The molecule has 0 saturated heterocycles. The van der Waals surface area contributed by atoms with Crippen molar-refractivity contribution in [1.82, 2.24) is 0 Å². The molecule has 0 aliphatic heterocycles. The van der Waals surface area contributed by atoms with Gasteiger partial charge in [-0.05, 0) is 53.3 Å². The van der Waals surface area contributed by atoms with Crippen molar-refractivity contribution < 1.29 is 9.53 Å². The molecular weight excluding hydrogens is 280 g/mol. The van der Waals surface area contributed by atoms with Crippen molar-refractivity contribution in [3.63, 3.8) is 0 Å². The van der Waals surface area contributed by atoms with Crippen molar-refractivity contribution in [2.75, 3.05) is 13.4 Å². The first-order valence-electron chi connectivity index (χ1n) is 7.62. The average Bonchev–Trinajstić information content (AvgIpc) is 2.48. The lowest BCUT2D eigenvalue weighted by Crippen LogP contribution is -2.09. The molecule has 21 heavy (non-hydrogen) atoms.